The first kappa shape index (κ1) is 15.6. The maximum absolute atomic E-state index is 11.6. The average molecular weight is 309 g/mol. The smallest absolute Gasteiger partial charge is 0.311 e. The fourth-order valence-electron chi connectivity index (χ4n) is 1.09. The summed E-state index contributed by atoms with van der Waals surface area (Å²) in [6.07, 6.45) is 0.583. The number of nitrogens with one attached hydrogen (secondary N) is 1. The second-order valence-corrected chi connectivity index (χ2v) is 6.55. The molecule has 0 aliphatic carbocycles. The SMILES string of the molecule is CS(=O)(=O)OC(NC(=O)c1ccccc1)S(=O)(=O)O. The first-order valence-corrected chi connectivity index (χ1v) is 8.12. The van der Waals surface area contributed by atoms with E-state index in [1.165, 1.54) is 24.3 Å². The average Bonchev–Trinajstić information content (AvgIpc) is 2.26. The first-order chi connectivity index (χ1) is 8.59. The van der Waals surface area contributed by atoms with Crippen LogP contribution in [0.1, 0.15) is 10.4 Å². The minimum atomic E-state index is -4.93. The fraction of sp³-hybridized carbons (Fsp3) is 0.222. The molecule has 1 unspecified atom stereocenters. The van der Waals surface area contributed by atoms with E-state index in [2.05, 4.69) is 4.18 Å². The van der Waals surface area contributed by atoms with E-state index >= 15 is 0 Å². The maximum atomic E-state index is 11.6. The molecule has 0 saturated heterocycles. The van der Waals surface area contributed by atoms with Crippen LogP contribution in [0.3, 0.4) is 0 Å². The van der Waals surface area contributed by atoms with Crippen molar-refractivity contribution < 1.29 is 30.4 Å². The van der Waals surface area contributed by atoms with Crippen molar-refractivity contribution in [2.45, 2.75) is 5.56 Å². The molecule has 2 N–H and O–H groups in total. The standard InChI is InChI=1S/C9H11NO7S2/c1-18(12,13)17-9(19(14,15)16)10-8(11)7-5-3-2-4-6-7/h2-6,9H,1H3,(H,10,11)(H,14,15,16). The van der Waals surface area contributed by atoms with Crippen molar-refractivity contribution in [2.75, 3.05) is 6.26 Å². The number of carbonyl (C=O) groups is 1. The van der Waals surface area contributed by atoms with Gasteiger partial charge in [0.05, 0.1) is 6.26 Å². The van der Waals surface area contributed by atoms with Crippen LogP contribution < -0.4 is 5.32 Å². The highest BCUT2D eigenvalue weighted by molar-refractivity contribution is 7.89. The zero-order chi connectivity index (χ0) is 14.7. The highest BCUT2D eigenvalue weighted by atomic mass is 32.2. The monoisotopic (exact) mass is 309 g/mol. The van der Waals surface area contributed by atoms with Crippen molar-refractivity contribution in [2.24, 2.45) is 0 Å². The molecule has 0 spiro atoms. The summed E-state index contributed by atoms with van der Waals surface area (Å²) in [6, 6.07) is 7.42. The third-order valence-electron chi connectivity index (χ3n) is 1.82. The van der Waals surface area contributed by atoms with Gasteiger partial charge in [0.15, 0.2) is 0 Å². The summed E-state index contributed by atoms with van der Waals surface area (Å²) in [5.41, 5.74) is -2.32. The van der Waals surface area contributed by atoms with E-state index in [1.807, 2.05) is 0 Å². The van der Waals surface area contributed by atoms with E-state index in [0.29, 0.717) is 6.26 Å². The lowest BCUT2D eigenvalue weighted by Crippen LogP contribution is -2.43. The van der Waals surface area contributed by atoms with Crippen LogP contribution >= 0.6 is 0 Å². The van der Waals surface area contributed by atoms with Crippen LogP contribution in [0.25, 0.3) is 0 Å². The van der Waals surface area contributed by atoms with Crippen molar-refractivity contribution >= 4 is 26.1 Å². The van der Waals surface area contributed by atoms with Crippen LogP contribution in [-0.2, 0) is 24.4 Å². The molecule has 1 aromatic rings. The van der Waals surface area contributed by atoms with Gasteiger partial charge in [-0.2, -0.15) is 16.8 Å². The zero-order valence-electron chi connectivity index (χ0n) is 9.68. The molecule has 0 radical (unpaired) electrons. The lowest BCUT2D eigenvalue weighted by atomic mass is 10.2. The van der Waals surface area contributed by atoms with E-state index in [-0.39, 0.29) is 5.56 Å². The van der Waals surface area contributed by atoms with E-state index in [4.69, 9.17) is 4.55 Å². The molecular weight excluding hydrogens is 298 g/mol. The van der Waals surface area contributed by atoms with Gasteiger partial charge in [0.25, 0.3) is 21.6 Å². The molecule has 0 fully saturated rings. The molecule has 0 aliphatic heterocycles. The molecule has 8 nitrogen and oxygen atoms in total. The van der Waals surface area contributed by atoms with Gasteiger partial charge in [-0.15, -0.1) is 0 Å². The van der Waals surface area contributed by atoms with Crippen molar-refractivity contribution in [1.29, 1.82) is 0 Å². The molecule has 1 atom stereocenters. The Morgan fingerprint density at radius 3 is 2.16 bits per heavy atom. The fourth-order valence-corrected chi connectivity index (χ4v) is 2.53. The van der Waals surface area contributed by atoms with Gasteiger partial charge in [-0.05, 0) is 12.1 Å². The summed E-state index contributed by atoms with van der Waals surface area (Å²) in [7, 11) is -9.12. The Hall–Kier alpha value is -1.49. The Morgan fingerprint density at radius 1 is 1.21 bits per heavy atom. The minimum absolute atomic E-state index is 0.0771. The van der Waals surface area contributed by atoms with Gasteiger partial charge in [-0.25, -0.2) is 4.18 Å². The number of benzene rings is 1. The molecular formula is C9H11NO7S2. The molecule has 106 valence electrons. The van der Waals surface area contributed by atoms with Crippen molar-refractivity contribution in [1.82, 2.24) is 5.32 Å². The Balaban J connectivity index is 2.94. The predicted molar refractivity (Wildman–Crippen MR) is 65.2 cm³/mol. The molecule has 1 amide bonds. The predicted octanol–water partition coefficient (Wildman–Crippen LogP) is -0.436. The summed E-state index contributed by atoms with van der Waals surface area (Å²) in [6.45, 7) is 0. The van der Waals surface area contributed by atoms with Crippen LogP contribution in [0.4, 0.5) is 0 Å². The summed E-state index contributed by atoms with van der Waals surface area (Å²) in [4.78, 5) is 11.6. The summed E-state index contributed by atoms with van der Waals surface area (Å²) in [5, 5.41) is 1.75. The van der Waals surface area contributed by atoms with Crippen LogP contribution in [0.15, 0.2) is 30.3 Å². The third kappa shape index (κ3) is 5.34. The zero-order valence-corrected chi connectivity index (χ0v) is 11.3. The normalized spacial score (nSPS) is 13.8. The maximum Gasteiger partial charge on any atom is 0.313 e. The largest absolute Gasteiger partial charge is 0.313 e. The van der Waals surface area contributed by atoms with Crippen LogP contribution in [0, 0.1) is 0 Å². The van der Waals surface area contributed by atoms with Crippen LogP contribution in [-0.4, -0.2) is 39.1 Å². The quantitative estimate of drug-likeness (QED) is 0.429. The number of carbonyl (C=O) groups excluding carboxylic acids is 1. The number of amides is 1. The van der Waals surface area contributed by atoms with Gasteiger partial charge >= 0.3 is 10.1 Å². The van der Waals surface area contributed by atoms with Crippen molar-refractivity contribution in [3.8, 4) is 0 Å². The summed E-state index contributed by atoms with van der Waals surface area (Å²) < 4.78 is 56.5. The van der Waals surface area contributed by atoms with Crippen molar-refractivity contribution in [3.05, 3.63) is 35.9 Å². The van der Waals surface area contributed by atoms with Crippen LogP contribution in [0.5, 0.6) is 0 Å². The molecule has 0 bridgehead atoms. The molecule has 0 saturated carbocycles. The van der Waals surface area contributed by atoms with Gasteiger partial charge in [0.2, 0.25) is 0 Å². The van der Waals surface area contributed by atoms with Gasteiger partial charge < -0.3 is 5.32 Å². The lowest BCUT2D eigenvalue weighted by molar-refractivity contribution is 0.0895. The minimum Gasteiger partial charge on any atom is -0.311 e. The Morgan fingerprint density at radius 2 is 1.74 bits per heavy atom. The second-order valence-electron chi connectivity index (χ2n) is 3.49. The van der Waals surface area contributed by atoms with E-state index < -0.39 is 31.7 Å². The molecule has 0 aromatic heterocycles. The molecule has 19 heavy (non-hydrogen) atoms. The molecule has 1 aromatic carbocycles. The summed E-state index contributed by atoms with van der Waals surface area (Å²) in [5.74, 6) is -0.910. The first-order valence-electron chi connectivity index (χ1n) is 4.80. The Labute approximate surface area is 110 Å². The van der Waals surface area contributed by atoms with Gasteiger partial charge in [0, 0.05) is 5.56 Å². The van der Waals surface area contributed by atoms with E-state index in [9.17, 15) is 21.6 Å². The number of hydrogen-bond donors (Lipinski definition) is 2. The summed E-state index contributed by atoms with van der Waals surface area (Å²) >= 11 is 0. The van der Waals surface area contributed by atoms with Gasteiger partial charge in [0.1, 0.15) is 0 Å². The highest BCUT2D eigenvalue weighted by Crippen LogP contribution is 2.05. The van der Waals surface area contributed by atoms with Gasteiger partial charge in [-0.1, -0.05) is 18.2 Å². The van der Waals surface area contributed by atoms with E-state index in [1.54, 1.807) is 11.4 Å². The lowest BCUT2D eigenvalue weighted by Gasteiger charge is -2.14. The van der Waals surface area contributed by atoms with Crippen LogP contribution in [0.2, 0.25) is 0 Å². The topological polar surface area (TPSA) is 127 Å². The highest BCUT2D eigenvalue weighted by Gasteiger charge is 2.30. The Bertz CT molecular complexity index is 651. The van der Waals surface area contributed by atoms with E-state index in [0.717, 1.165) is 0 Å². The Kier molecular flexibility index (Phi) is 4.63. The second kappa shape index (κ2) is 5.65. The molecule has 10 heteroatoms. The third-order valence-corrected chi connectivity index (χ3v) is 3.24. The van der Waals surface area contributed by atoms with Gasteiger partial charge in [-0.3, -0.25) is 9.35 Å². The number of hydrogen-bond acceptors (Lipinski definition) is 6. The molecule has 1 rings (SSSR count). The van der Waals surface area contributed by atoms with Crippen molar-refractivity contribution in [3.63, 3.8) is 0 Å². The number of rotatable bonds is 5. The molecule has 0 aliphatic rings. The molecule has 0 heterocycles.